The van der Waals surface area contributed by atoms with Crippen LogP contribution in [-0.4, -0.2) is 67.4 Å². The third kappa shape index (κ3) is 5.13. The Kier molecular flexibility index (Phi) is 6.84. The van der Waals surface area contributed by atoms with Gasteiger partial charge in [-0.3, -0.25) is 14.4 Å². The number of nitrogens with zero attached hydrogens (tertiary/aromatic N) is 2. The number of para-hydroxylation sites is 1. The molecule has 2 aromatic carbocycles. The number of benzene rings is 2. The molecule has 3 amide bonds. The standard InChI is InChI=1S/C22H25N3O4/c1-29-19-11-6-5-10-18(19)22(28)25-13-7-12-24(14-15-25)20(26)16-23-21(27)17-8-3-2-4-9-17/h2-6,8-11H,7,12-16H2,1H3,(H,23,27). The predicted octanol–water partition coefficient (Wildman–Crippen LogP) is 1.80. The Morgan fingerprint density at radius 2 is 1.55 bits per heavy atom. The summed E-state index contributed by atoms with van der Waals surface area (Å²) in [6.45, 7) is 1.93. The van der Waals surface area contributed by atoms with Gasteiger partial charge in [0.05, 0.1) is 19.2 Å². The first-order valence-corrected chi connectivity index (χ1v) is 9.63. The molecule has 7 heteroatoms. The maximum absolute atomic E-state index is 12.9. The minimum atomic E-state index is -0.276. The van der Waals surface area contributed by atoms with E-state index in [9.17, 15) is 14.4 Å². The van der Waals surface area contributed by atoms with E-state index in [0.29, 0.717) is 49.5 Å². The first-order chi connectivity index (χ1) is 14.1. The smallest absolute Gasteiger partial charge is 0.257 e. The maximum Gasteiger partial charge on any atom is 0.257 e. The predicted molar refractivity (Wildman–Crippen MR) is 109 cm³/mol. The summed E-state index contributed by atoms with van der Waals surface area (Å²) in [5, 5.41) is 2.66. The van der Waals surface area contributed by atoms with E-state index < -0.39 is 0 Å². The quantitative estimate of drug-likeness (QED) is 0.837. The van der Waals surface area contributed by atoms with Gasteiger partial charge >= 0.3 is 0 Å². The van der Waals surface area contributed by atoms with Gasteiger partial charge in [-0.25, -0.2) is 0 Å². The van der Waals surface area contributed by atoms with Crippen LogP contribution in [0.1, 0.15) is 27.1 Å². The lowest BCUT2D eigenvalue weighted by atomic mass is 10.1. The van der Waals surface area contributed by atoms with Crippen molar-refractivity contribution in [3.8, 4) is 5.75 Å². The molecule has 7 nitrogen and oxygen atoms in total. The molecule has 0 spiro atoms. The Morgan fingerprint density at radius 1 is 0.897 bits per heavy atom. The molecule has 152 valence electrons. The van der Waals surface area contributed by atoms with Crippen LogP contribution >= 0.6 is 0 Å². The molecule has 1 aliphatic rings. The molecule has 1 N–H and O–H groups in total. The summed E-state index contributed by atoms with van der Waals surface area (Å²) in [5.74, 6) is 0.00931. The number of rotatable bonds is 5. The number of carbonyl (C=O) groups is 3. The molecule has 3 rings (SSSR count). The molecule has 0 radical (unpaired) electrons. The van der Waals surface area contributed by atoms with Crippen LogP contribution in [0.25, 0.3) is 0 Å². The topological polar surface area (TPSA) is 79.0 Å². The number of ether oxygens (including phenoxy) is 1. The monoisotopic (exact) mass is 395 g/mol. The molecule has 0 aromatic heterocycles. The minimum Gasteiger partial charge on any atom is -0.496 e. The molecule has 1 heterocycles. The van der Waals surface area contributed by atoms with Crippen molar-refractivity contribution in [3.05, 3.63) is 65.7 Å². The van der Waals surface area contributed by atoms with Gasteiger partial charge in [-0.15, -0.1) is 0 Å². The lowest BCUT2D eigenvalue weighted by Gasteiger charge is -2.23. The zero-order valence-corrected chi connectivity index (χ0v) is 16.5. The second-order valence-electron chi connectivity index (χ2n) is 6.78. The van der Waals surface area contributed by atoms with E-state index in [-0.39, 0.29) is 24.3 Å². The van der Waals surface area contributed by atoms with Crippen LogP contribution in [-0.2, 0) is 4.79 Å². The largest absolute Gasteiger partial charge is 0.496 e. The summed E-state index contributed by atoms with van der Waals surface area (Å²) in [6.07, 6.45) is 0.680. The minimum absolute atomic E-state index is 0.0613. The van der Waals surface area contributed by atoms with E-state index in [1.807, 2.05) is 12.1 Å². The highest BCUT2D eigenvalue weighted by Gasteiger charge is 2.24. The van der Waals surface area contributed by atoms with Crippen LogP contribution in [0, 0.1) is 0 Å². The molecule has 0 atom stereocenters. The summed E-state index contributed by atoms with van der Waals surface area (Å²) in [4.78, 5) is 40.9. The summed E-state index contributed by atoms with van der Waals surface area (Å²) < 4.78 is 5.29. The molecular weight excluding hydrogens is 370 g/mol. The zero-order valence-electron chi connectivity index (χ0n) is 16.5. The summed E-state index contributed by atoms with van der Waals surface area (Å²) >= 11 is 0. The zero-order chi connectivity index (χ0) is 20.6. The number of hydrogen-bond donors (Lipinski definition) is 1. The number of methoxy groups -OCH3 is 1. The second-order valence-corrected chi connectivity index (χ2v) is 6.78. The Hall–Kier alpha value is -3.35. The average Bonchev–Trinajstić information content (AvgIpc) is 3.03. The summed E-state index contributed by atoms with van der Waals surface area (Å²) in [5.41, 5.74) is 1.04. The number of hydrogen-bond acceptors (Lipinski definition) is 4. The molecule has 29 heavy (non-hydrogen) atoms. The molecule has 0 saturated carbocycles. The van der Waals surface area contributed by atoms with Crippen molar-refractivity contribution in [3.63, 3.8) is 0 Å². The van der Waals surface area contributed by atoms with E-state index >= 15 is 0 Å². The lowest BCUT2D eigenvalue weighted by molar-refractivity contribution is -0.129. The van der Waals surface area contributed by atoms with Crippen molar-refractivity contribution in [2.75, 3.05) is 39.8 Å². The van der Waals surface area contributed by atoms with Crippen molar-refractivity contribution < 1.29 is 19.1 Å². The van der Waals surface area contributed by atoms with Gasteiger partial charge in [0.2, 0.25) is 5.91 Å². The first kappa shape index (κ1) is 20.4. The van der Waals surface area contributed by atoms with Crippen LogP contribution in [0.3, 0.4) is 0 Å². The van der Waals surface area contributed by atoms with E-state index in [4.69, 9.17) is 4.74 Å². The highest BCUT2D eigenvalue weighted by atomic mass is 16.5. The molecule has 1 saturated heterocycles. The maximum atomic E-state index is 12.9. The van der Waals surface area contributed by atoms with Crippen LogP contribution in [0.15, 0.2) is 54.6 Å². The van der Waals surface area contributed by atoms with Gasteiger partial charge in [0.1, 0.15) is 5.75 Å². The average molecular weight is 395 g/mol. The van der Waals surface area contributed by atoms with Gasteiger partial charge in [0.15, 0.2) is 0 Å². The lowest BCUT2D eigenvalue weighted by Crippen LogP contribution is -2.42. The van der Waals surface area contributed by atoms with Crippen molar-refractivity contribution in [1.29, 1.82) is 0 Å². The van der Waals surface area contributed by atoms with Gasteiger partial charge in [0.25, 0.3) is 11.8 Å². The van der Waals surface area contributed by atoms with Crippen LogP contribution in [0.5, 0.6) is 5.75 Å². The third-order valence-electron chi connectivity index (χ3n) is 4.91. The highest BCUT2D eigenvalue weighted by molar-refractivity contribution is 5.97. The first-order valence-electron chi connectivity index (χ1n) is 9.63. The van der Waals surface area contributed by atoms with Gasteiger partial charge in [-0.1, -0.05) is 30.3 Å². The van der Waals surface area contributed by atoms with Gasteiger partial charge < -0.3 is 19.9 Å². The van der Waals surface area contributed by atoms with E-state index in [1.165, 1.54) is 0 Å². The summed E-state index contributed by atoms with van der Waals surface area (Å²) in [6, 6.07) is 15.9. The van der Waals surface area contributed by atoms with Crippen molar-refractivity contribution in [1.82, 2.24) is 15.1 Å². The van der Waals surface area contributed by atoms with Crippen LogP contribution < -0.4 is 10.1 Å². The van der Waals surface area contributed by atoms with Gasteiger partial charge in [0, 0.05) is 31.7 Å². The van der Waals surface area contributed by atoms with Crippen molar-refractivity contribution in [2.24, 2.45) is 0 Å². The van der Waals surface area contributed by atoms with Crippen molar-refractivity contribution in [2.45, 2.75) is 6.42 Å². The van der Waals surface area contributed by atoms with E-state index in [0.717, 1.165) is 0 Å². The molecule has 2 aromatic rings. The summed E-state index contributed by atoms with van der Waals surface area (Å²) in [7, 11) is 1.54. The van der Waals surface area contributed by atoms with Crippen LogP contribution in [0.4, 0.5) is 0 Å². The molecule has 1 aliphatic heterocycles. The SMILES string of the molecule is COc1ccccc1C(=O)N1CCCN(C(=O)CNC(=O)c2ccccc2)CC1. The second kappa shape index (κ2) is 9.73. The Labute approximate surface area is 170 Å². The fraction of sp³-hybridized carbons (Fsp3) is 0.318. The molecular formula is C22H25N3O4. The number of carbonyl (C=O) groups excluding carboxylic acids is 3. The van der Waals surface area contributed by atoms with E-state index in [1.54, 1.807) is 59.4 Å². The Balaban J connectivity index is 1.54. The fourth-order valence-electron chi connectivity index (χ4n) is 3.32. The normalized spacial score (nSPS) is 14.1. The molecule has 1 fully saturated rings. The van der Waals surface area contributed by atoms with Gasteiger partial charge in [-0.05, 0) is 30.7 Å². The number of nitrogens with one attached hydrogen (secondary N) is 1. The van der Waals surface area contributed by atoms with Gasteiger partial charge in [-0.2, -0.15) is 0 Å². The number of amides is 3. The molecule has 0 aliphatic carbocycles. The van der Waals surface area contributed by atoms with Crippen molar-refractivity contribution >= 4 is 17.7 Å². The van der Waals surface area contributed by atoms with E-state index in [2.05, 4.69) is 5.32 Å². The highest BCUT2D eigenvalue weighted by Crippen LogP contribution is 2.20. The Bertz CT molecular complexity index is 869. The molecule has 0 bridgehead atoms. The third-order valence-corrected chi connectivity index (χ3v) is 4.91. The molecule has 0 unspecified atom stereocenters. The fourth-order valence-corrected chi connectivity index (χ4v) is 3.32. The Morgan fingerprint density at radius 3 is 2.31 bits per heavy atom. The van der Waals surface area contributed by atoms with Crippen LogP contribution in [0.2, 0.25) is 0 Å².